The Bertz CT molecular complexity index is 359. The van der Waals surface area contributed by atoms with Crippen molar-refractivity contribution in [3.63, 3.8) is 0 Å². The predicted octanol–water partition coefficient (Wildman–Crippen LogP) is 3.81. The van der Waals surface area contributed by atoms with Gasteiger partial charge in [0.1, 0.15) is 0 Å². The first-order chi connectivity index (χ1) is 8.72. The molecule has 1 aromatic rings. The van der Waals surface area contributed by atoms with Gasteiger partial charge in [-0.05, 0) is 56.8 Å². The fourth-order valence-electron chi connectivity index (χ4n) is 2.69. The second-order valence-electron chi connectivity index (χ2n) is 5.04. The summed E-state index contributed by atoms with van der Waals surface area (Å²) in [7, 11) is 2.03. The molecular formula is C15H22ClNO. The van der Waals surface area contributed by atoms with Crippen molar-refractivity contribution in [2.24, 2.45) is 5.92 Å². The van der Waals surface area contributed by atoms with E-state index >= 15 is 0 Å². The van der Waals surface area contributed by atoms with E-state index in [1.165, 1.54) is 24.8 Å². The highest BCUT2D eigenvalue weighted by Gasteiger charge is 2.31. The number of ether oxygens (including phenoxy) is 1. The third-order valence-corrected chi connectivity index (χ3v) is 4.04. The molecule has 1 aliphatic rings. The Morgan fingerprint density at radius 3 is 2.56 bits per heavy atom. The van der Waals surface area contributed by atoms with Crippen molar-refractivity contribution < 1.29 is 4.74 Å². The van der Waals surface area contributed by atoms with Gasteiger partial charge in [-0.2, -0.15) is 0 Å². The summed E-state index contributed by atoms with van der Waals surface area (Å²) in [5.74, 6) is 0.787. The molecule has 1 saturated carbocycles. The molecule has 2 nitrogen and oxygen atoms in total. The van der Waals surface area contributed by atoms with Crippen molar-refractivity contribution in [2.45, 2.75) is 38.3 Å². The maximum absolute atomic E-state index is 5.92. The number of nitrogens with one attached hydrogen (secondary N) is 1. The van der Waals surface area contributed by atoms with Crippen molar-refractivity contribution in [1.82, 2.24) is 5.32 Å². The molecule has 0 saturated heterocycles. The van der Waals surface area contributed by atoms with Crippen LogP contribution in [0.5, 0.6) is 0 Å². The Morgan fingerprint density at radius 2 is 2.00 bits per heavy atom. The first-order valence-corrected chi connectivity index (χ1v) is 7.15. The SMILES string of the molecule is CCOC1CC(CC(NC)c2ccc(Cl)cc2)C1. The van der Waals surface area contributed by atoms with Crippen LogP contribution < -0.4 is 5.32 Å². The van der Waals surface area contributed by atoms with E-state index in [4.69, 9.17) is 16.3 Å². The van der Waals surface area contributed by atoms with Gasteiger partial charge in [0.05, 0.1) is 6.10 Å². The minimum absolute atomic E-state index is 0.426. The Labute approximate surface area is 115 Å². The minimum Gasteiger partial charge on any atom is -0.378 e. The molecule has 1 aliphatic carbocycles. The molecular weight excluding hydrogens is 246 g/mol. The second kappa shape index (κ2) is 6.55. The summed E-state index contributed by atoms with van der Waals surface area (Å²) in [6.07, 6.45) is 4.10. The average Bonchev–Trinajstić information content (AvgIpc) is 2.33. The second-order valence-corrected chi connectivity index (χ2v) is 5.48. The lowest BCUT2D eigenvalue weighted by Crippen LogP contribution is -2.34. The maximum atomic E-state index is 5.92. The van der Waals surface area contributed by atoms with Crippen LogP contribution in [0.1, 0.15) is 37.8 Å². The summed E-state index contributed by atoms with van der Waals surface area (Å²) in [6.45, 7) is 2.90. The number of benzene rings is 1. The lowest BCUT2D eigenvalue weighted by molar-refractivity contribution is -0.0289. The zero-order valence-electron chi connectivity index (χ0n) is 11.2. The number of hydrogen-bond acceptors (Lipinski definition) is 2. The molecule has 2 rings (SSSR count). The summed E-state index contributed by atoms with van der Waals surface area (Å²) >= 11 is 5.92. The highest BCUT2D eigenvalue weighted by molar-refractivity contribution is 6.30. The fraction of sp³-hybridized carbons (Fsp3) is 0.600. The zero-order chi connectivity index (χ0) is 13.0. The van der Waals surface area contributed by atoms with Crippen LogP contribution in [0.4, 0.5) is 0 Å². The lowest BCUT2D eigenvalue weighted by Gasteiger charge is -2.37. The molecule has 100 valence electrons. The van der Waals surface area contributed by atoms with E-state index in [-0.39, 0.29) is 0 Å². The van der Waals surface area contributed by atoms with E-state index in [1.54, 1.807) is 0 Å². The van der Waals surface area contributed by atoms with Gasteiger partial charge in [0.15, 0.2) is 0 Å². The van der Waals surface area contributed by atoms with Gasteiger partial charge in [0.25, 0.3) is 0 Å². The van der Waals surface area contributed by atoms with Crippen molar-refractivity contribution in [3.8, 4) is 0 Å². The third-order valence-electron chi connectivity index (χ3n) is 3.78. The van der Waals surface area contributed by atoms with Gasteiger partial charge in [0.2, 0.25) is 0 Å². The standard InChI is InChI=1S/C15H22ClNO/c1-3-18-14-8-11(9-14)10-15(17-2)12-4-6-13(16)7-5-12/h4-7,11,14-15,17H,3,8-10H2,1-2H3. The Kier molecular flexibility index (Phi) is 5.04. The van der Waals surface area contributed by atoms with Crippen molar-refractivity contribution in [1.29, 1.82) is 0 Å². The van der Waals surface area contributed by atoms with Gasteiger partial charge in [-0.3, -0.25) is 0 Å². The van der Waals surface area contributed by atoms with E-state index in [0.717, 1.165) is 17.5 Å². The first-order valence-electron chi connectivity index (χ1n) is 6.77. The molecule has 3 heteroatoms. The first kappa shape index (κ1) is 13.9. The van der Waals surface area contributed by atoms with Gasteiger partial charge in [0, 0.05) is 17.7 Å². The van der Waals surface area contributed by atoms with Gasteiger partial charge in [-0.1, -0.05) is 23.7 Å². The summed E-state index contributed by atoms with van der Waals surface area (Å²) < 4.78 is 5.61. The van der Waals surface area contributed by atoms with E-state index < -0.39 is 0 Å². The fourth-order valence-corrected chi connectivity index (χ4v) is 2.81. The molecule has 0 aliphatic heterocycles. The van der Waals surface area contributed by atoms with Crippen molar-refractivity contribution >= 4 is 11.6 Å². The summed E-state index contributed by atoms with van der Waals surface area (Å²) in [6, 6.07) is 8.58. The summed E-state index contributed by atoms with van der Waals surface area (Å²) in [4.78, 5) is 0. The molecule has 0 spiro atoms. The molecule has 1 atom stereocenters. The Balaban J connectivity index is 1.85. The maximum Gasteiger partial charge on any atom is 0.0580 e. The lowest BCUT2D eigenvalue weighted by atomic mass is 9.77. The highest BCUT2D eigenvalue weighted by Crippen LogP contribution is 2.36. The highest BCUT2D eigenvalue weighted by atomic mass is 35.5. The van der Waals surface area contributed by atoms with Gasteiger partial charge < -0.3 is 10.1 Å². The summed E-state index contributed by atoms with van der Waals surface area (Å²) in [5.41, 5.74) is 1.32. The summed E-state index contributed by atoms with van der Waals surface area (Å²) in [5, 5.41) is 4.20. The number of hydrogen-bond donors (Lipinski definition) is 1. The Morgan fingerprint density at radius 1 is 1.33 bits per heavy atom. The van der Waals surface area contributed by atoms with Crippen LogP contribution in [0.2, 0.25) is 5.02 Å². The molecule has 0 heterocycles. The number of halogens is 1. The van der Waals surface area contributed by atoms with E-state index in [2.05, 4.69) is 24.4 Å². The average molecular weight is 268 g/mol. The molecule has 1 aromatic carbocycles. The van der Waals surface area contributed by atoms with Gasteiger partial charge in [-0.25, -0.2) is 0 Å². The molecule has 1 N–H and O–H groups in total. The van der Waals surface area contributed by atoms with Crippen LogP contribution in [-0.4, -0.2) is 19.8 Å². The van der Waals surface area contributed by atoms with Gasteiger partial charge >= 0.3 is 0 Å². The third kappa shape index (κ3) is 3.47. The minimum atomic E-state index is 0.426. The predicted molar refractivity (Wildman–Crippen MR) is 76.0 cm³/mol. The molecule has 0 radical (unpaired) electrons. The van der Waals surface area contributed by atoms with Crippen LogP contribution in [0.3, 0.4) is 0 Å². The Hall–Kier alpha value is -0.570. The topological polar surface area (TPSA) is 21.3 Å². The van der Waals surface area contributed by atoms with Crippen LogP contribution >= 0.6 is 11.6 Å². The zero-order valence-corrected chi connectivity index (χ0v) is 11.9. The monoisotopic (exact) mass is 267 g/mol. The number of rotatable bonds is 6. The van der Waals surface area contributed by atoms with Crippen LogP contribution in [-0.2, 0) is 4.74 Å². The molecule has 18 heavy (non-hydrogen) atoms. The molecule has 1 unspecified atom stereocenters. The van der Waals surface area contributed by atoms with Crippen molar-refractivity contribution in [3.05, 3.63) is 34.9 Å². The molecule has 1 fully saturated rings. The normalized spacial score (nSPS) is 24.6. The van der Waals surface area contributed by atoms with Crippen LogP contribution in [0.15, 0.2) is 24.3 Å². The van der Waals surface area contributed by atoms with Crippen LogP contribution in [0.25, 0.3) is 0 Å². The molecule has 0 aromatic heterocycles. The smallest absolute Gasteiger partial charge is 0.0580 e. The van der Waals surface area contributed by atoms with Gasteiger partial charge in [-0.15, -0.1) is 0 Å². The quantitative estimate of drug-likeness (QED) is 0.846. The molecule has 0 amide bonds. The molecule has 0 bridgehead atoms. The van der Waals surface area contributed by atoms with E-state index in [0.29, 0.717) is 12.1 Å². The van der Waals surface area contributed by atoms with Crippen LogP contribution in [0, 0.1) is 5.92 Å². The largest absolute Gasteiger partial charge is 0.378 e. The van der Waals surface area contributed by atoms with E-state index in [9.17, 15) is 0 Å². The van der Waals surface area contributed by atoms with Crippen molar-refractivity contribution in [2.75, 3.05) is 13.7 Å². The van der Waals surface area contributed by atoms with E-state index in [1.807, 2.05) is 19.2 Å².